The minimum atomic E-state index is -3.30. The number of hydrogen-bond donors (Lipinski definition) is 2. The molecule has 2 rings (SSSR count). The van der Waals surface area contributed by atoms with Gasteiger partial charge in [0.25, 0.3) is 0 Å². The maximum atomic E-state index is 12.7. The van der Waals surface area contributed by atoms with Crippen molar-refractivity contribution in [2.24, 2.45) is 5.73 Å². The molecule has 2 heterocycles. The van der Waals surface area contributed by atoms with Crippen molar-refractivity contribution in [1.82, 2.24) is 9.62 Å². The SMILES string of the molecule is NCCC(=O)NCC1CCCCN1S(=O)(=O)CCc1cccs1. The van der Waals surface area contributed by atoms with Gasteiger partial charge in [0.2, 0.25) is 15.9 Å². The van der Waals surface area contributed by atoms with Crippen molar-refractivity contribution in [2.75, 3.05) is 25.4 Å². The number of carbonyl (C=O) groups is 1. The normalized spacial score (nSPS) is 19.6. The Labute approximate surface area is 142 Å². The van der Waals surface area contributed by atoms with Gasteiger partial charge in [-0.05, 0) is 30.7 Å². The second-order valence-corrected chi connectivity index (χ2v) is 8.82. The molecule has 23 heavy (non-hydrogen) atoms. The fourth-order valence-electron chi connectivity index (χ4n) is 2.80. The van der Waals surface area contributed by atoms with Crippen LogP contribution in [-0.4, -0.2) is 50.1 Å². The molecule has 0 bridgehead atoms. The molecule has 8 heteroatoms. The van der Waals surface area contributed by atoms with Crippen molar-refractivity contribution in [2.45, 2.75) is 38.1 Å². The van der Waals surface area contributed by atoms with E-state index < -0.39 is 10.0 Å². The Morgan fingerprint density at radius 1 is 1.43 bits per heavy atom. The maximum Gasteiger partial charge on any atom is 0.221 e. The van der Waals surface area contributed by atoms with Gasteiger partial charge in [-0.1, -0.05) is 12.5 Å². The van der Waals surface area contributed by atoms with Crippen molar-refractivity contribution in [3.8, 4) is 0 Å². The van der Waals surface area contributed by atoms with Gasteiger partial charge in [0.05, 0.1) is 5.75 Å². The quantitative estimate of drug-likeness (QED) is 0.722. The number of thiophene rings is 1. The predicted molar refractivity (Wildman–Crippen MR) is 92.8 cm³/mol. The molecule has 1 amide bonds. The van der Waals surface area contributed by atoms with E-state index in [1.54, 1.807) is 15.6 Å². The Bertz CT molecular complexity index is 587. The van der Waals surface area contributed by atoms with Gasteiger partial charge in [0, 0.05) is 37.0 Å². The lowest BCUT2D eigenvalue weighted by atomic mass is 10.1. The third-order valence-electron chi connectivity index (χ3n) is 4.02. The molecule has 1 aliphatic heterocycles. The second kappa shape index (κ2) is 8.77. The summed E-state index contributed by atoms with van der Waals surface area (Å²) in [6.07, 6.45) is 3.49. The Hall–Kier alpha value is -0.960. The average molecular weight is 360 g/mol. The predicted octanol–water partition coefficient (Wildman–Crippen LogP) is 0.940. The molecule has 1 aliphatic rings. The van der Waals surface area contributed by atoms with Crippen molar-refractivity contribution in [3.63, 3.8) is 0 Å². The smallest absolute Gasteiger partial charge is 0.221 e. The van der Waals surface area contributed by atoms with E-state index in [4.69, 9.17) is 5.73 Å². The monoisotopic (exact) mass is 359 g/mol. The molecule has 0 aromatic carbocycles. The summed E-state index contributed by atoms with van der Waals surface area (Å²) < 4.78 is 26.9. The standard InChI is InChI=1S/C15H25N3O3S2/c16-8-6-15(19)17-12-13-4-1-2-9-18(13)23(20,21)11-7-14-5-3-10-22-14/h3,5,10,13H,1-2,4,6-9,11-12,16H2,(H,17,19). The largest absolute Gasteiger partial charge is 0.354 e. The van der Waals surface area contributed by atoms with Gasteiger partial charge in [-0.25, -0.2) is 8.42 Å². The van der Waals surface area contributed by atoms with Gasteiger partial charge < -0.3 is 11.1 Å². The Morgan fingerprint density at radius 3 is 2.96 bits per heavy atom. The van der Waals surface area contributed by atoms with Crippen molar-refractivity contribution < 1.29 is 13.2 Å². The fourth-order valence-corrected chi connectivity index (χ4v) is 5.39. The van der Waals surface area contributed by atoms with E-state index in [9.17, 15) is 13.2 Å². The third kappa shape index (κ3) is 5.56. The number of aryl methyl sites for hydroxylation is 1. The lowest BCUT2D eigenvalue weighted by Crippen LogP contribution is -2.50. The van der Waals surface area contributed by atoms with Crippen LogP contribution < -0.4 is 11.1 Å². The zero-order valence-electron chi connectivity index (χ0n) is 13.2. The van der Waals surface area contributed by atoms with E-state index in [1.165, 1.54) is 0 Å². The van der Waals surface area contributed by atoms with Crippen LogP contribution in [0, 0.1) is 0 Å². The summed E-state index contributed by atoms with van der Waals surface area (Å²) in [5, 5.41) is 4.76. The Balaban J connectivity index is 1.94. The van der Waals surface area contributed by atoms with Crippen LogP contribution in [-0.2, 0) is 21.2 Å². The number of amides is 1. The van der Waals surface area contributed by atoms with E-state index in [0.29, 0.717) is 26.1 Å². The lowest BCUT2D eigenvalue weighted by molar-refractivity contribution is -0.121. The first kappa shape index (κ1) is 18.4. The summed E-state index contributed by atoms with van der Waals surface area (Å²) in [4.78, 5) is 12.6. The third-order valence-corrected chi connectivity index (χ3v) is 6.87. The molecule has 3 N–H and O–H groups in total. The number of hydrogen-bond acceptors (Lipinski definition) is 5. The summed E-state index contributed by atoms with van der Waals surface area (Å²) in [5.74, 6) is 0.00909. The maximum absolute atomic E-state index is 12.7. The van der Waals surface area contributed by atoms with Gasteiger partial charge in [-0.2, -0.15) is 4.31 Å². The number of rotatable bonds is 8. The Morgan fingerprint density at radius 2 is 2.26 bits per heavy atom. The zero-order valence-corrected chi connectivity index (χ0v) is 14.9. The van der Waals surface area contributed by atoms with Gasteiger partial charge in [0.1, 0.15) is 0 Å². The molecule has 1 aromatic rings. The summed E-state index contributed by atoms with van der Waals surface area (Å²) in [7, 11) is -3.30. The van der Waals surface area contributed by atoms with Crippen molar-refractivity contribution in [1.29, 1.82) is 0 Å². The molecular weight excluding hydrogens is 334 g/mol. The van der Waals surface area contributed by atoms with Gasteiger partial charge in [-0.15, -0.1) is 11.3 Å². The highest BCUT2D eigenvalue weighted by molar-refractivity contribution is 7.89. The molecule has 1 saturated heterocycles. The molecule has 1 fully saturated rings. The Kier molecular flexibility index (Phi) is 7.01. The van der Waals surface area contributed by atoms with Crippen LogP contribution in [0.2, 0.25) is 0 Å². The summed E-state index contributed by atoms with van der Waals surface area (Å²) >= 11 is 1.58. The first-order chi connectivity index (χ1) is 11.0. The molecule has 1 atom stereocenters. The van der Waals surface area contributed by atoms with Crippen LogP contribution >= 0.6 is 11.3 Å². The molecule has 0 spiro atoms. The van der Waals surface area contributed by atoms with E-state index in [2.05, 4.69) is 5.32 Å². The van der Waals surface area contributed by atoms with Crippen LogP contribution in [0.4, 0.5) is 0 Å². The van der Waals surface area contributed by atoms with Gasteiger partial charge >= 0.3 is 0 Å². The molecule has 6 nitrogen and oxygen atoms in total. The number of sulfonamides is 1. The van der Waals surface area contributed by atoms with Crippen LogP contribution in [0.15, 0.2) is 17.5 Å². The summed E-state index contributed by atoms with van der Waals surface area (Å²) in [5.41, 5.74) is 5.35. The molecule has 1 aromatic heterocycles. The number of piperidine rings is 1. The van der Waals surface area contributed by atoms with E-state index >= 15 is 0 Å². The molecule has 1 unspecified atom stereocenters. The summed E-state index contributed by atoms with van der Waals surface area (Å²) in [6.45, 7) is 1.22. The lowest BCUT2D eigenvalue weighted by Gasteiger charge is -2.34. The van der Waals surface area contributed by atoms with E-state index in [1.807, 2.05) is 17.5 Å². The van der Waals surface area contributed by atoms with Crippen LogP contribution in [0.1, 0.15) is 30.6 Å². The minimum Gasteiger partial charge on any atom is -0.354 e. The number of nitrogens with one attached hydrogen (secondary N) is 1. The molecular formula is C15H25N3O3S2. The van der Waals surface area contributed by atoms with Gasteiger partial charge in [-0.3, -0.25) is 4.79 Å². The summed E-state index contributed by atoms with van der Waals surface area (Å²) in [6, 6.07) is 3.75. The van der Waals surface area contributed by atoms with Crippen LogP contribution in [0.5, 0.6) is 0 Å². The van der Waals surface area contributed by atoms with Crippen LogP contribution in [0.3, 0.4) is 0 Å². The fraction of sp³-hybridized carbons (Fsp3) is 0.667. The number of carbonyl (C=O) groups excluding carboxylic acids is 1. The number of nitrogens with zero attached hydrogens (tertiary/aromatic N) is 1. The molecule has 0 radical (unpaired) electrons. The van der Waals surface area contributed by atoms with Gasteiger partial charge in [0.15, 0.2) is 0 Å². The highest BCUT2D eigenvalue weighted by Gasteiger charge is 2.32. The number of nitrogens with two attached hydrogens (primary N) is 1. The average Bonchev–Trinajstić information content (AvgIpc) is 3.05. The zero-order chi connectivity index (χ0) is 16.7. The molecule has 130 valence electrons. The van der Waals surface area contributed by atoms with Crippen molar-refractivity contribution >= 4 is 27.3 Å². The highest BCUT2D eigenvalue weighted by Crippen LogP contribution is 2.21. The molecule has 0 aliphatic carbocycles. The topological polar surface area (TPSA) is 92.5 Å². The minimum absolute atomic E-state index is 0.117. The molecule has 0 saturated carbocycles. The first-order valence-electron chi connectivity index (χ1n) is 8.01. The van der Waals surface area contributed by atoms with Crippen molar-refractivity contribution in [3.05, 3.63) is 22.4 Å². The first-order valence-corrected chi connectivity index (χ1v) is 10.5. The van der Waals surface area contributed by atoms with E-state index in [0.717, 1.165) is 24.1 Å². The highest BCUT2D eigenvalue weighted by atomic mass is 32.2. The van der Waals surface area contributed by atoms with E-state index in [-0.39, 0.29) is 24.1 Å². The van der Waals surface area contributed by atoms with Crippen LogP contribution in [0.25, 0.3) is 0 Å². The second-order valence-electron chi connectivity index (χ2n) is 5.75.